The summed E-state index contributed by atoms with van der Waals surface area (Å²) in [5.74, 6) is 1.00. The highest BCUT2D eigenvalue weighted by atomic mass is 16.3. The van der Waals surface area contributed by atoms with Crippen LogP contribution in [0.15, 0.2) is 36.5 Å². The highest BCUT2D eigenvalue weighted by Crippen LogP contribution is 2.18. The molecule has 1 aliphatic heterocycles. The van der Waals surface area contributed by atoms with Crippen molar-refractivity contribution in [3.63, 3.8) is 0 Å². The highest BCUT2D eigenvalue weighted by Gasteiger charge is 2.21. The third-order valence-corrected chi connectivity index (χ3v) is 3.66. The molecule has 19 heavy (non-hydrogen) atoms. The Morgan fingerprint density at radius 1 is 1.32 bits per heavy atom. The number of β-amino-alcohol motifs (C(OH)–C–C–N with tert-alkyl or cyclic N) is 1. The van der Waals surface area contributed by atoms with E-state index in [0.29, 0.717) is 0 Å². The molecule has 1 aromatic carbocycles. The first-order valence-corrected chi connectivity index (χ1v) is 6.73. The molecule has 1 aliphatic rings. The zero-order chi connectivity index (χ0) is 13.2. The van der Waals surface area contributed by atoms with Gasteiger partial charge in [-0.05, 0) is 25.5 Å². The summed E-state index contributed by atoms with van der Waals surface area (Å²) in [4.78, 5) is 6.71. The van der Waals surface area contributed by atoms with E-state index in [-0.39, 0.29) is 6.10 Å². The fourth-order valence-electron chi connectivity index (χ4n) is 2.72. The zero-order valence-corrected chi connectivity index (χ0v) is 11.2. The summed E-state index contributed by atoms with van der Waals surface area (Å²) in [6.45, 7) is 4.58. The Balaban J connectivity index is 1.87. The van der Waals surface area contributed by atoms with Gasteiger partial charge in [-0.15, -0.1) is 0 Å². The number of aliphatic hydroxyl groups excluding tert-OH is 1. The minimum atomic E-state index is -0.172. The highest BCUT2D eigenvalue weighted by molar-refractivity contribution is 5.35. The van der Waals surface area contributed by atoms with Crippen molar-refractivity contribution < 1.29 is 5.11 Å². The Morgan fingerprint density at radius 3 is 2.79 bits per heavy atom. The molecule has 0 unspecified atom stereocenters. The topological polar surface area (TPSA) is 41.3 Å². The van der Waals surface area contributed by atoms with Gasteiger partial charge in [0.25, 0.3) is 0 Å². The third kappa shape index (κ3) is 2.55. The van der Waals surface area contributed by atoms with Gasteiger partial charge in [-0.25, -0.2) is 4.98 Å². The number of benzene rings is 1. The molecule has 0 amide bonds. The second-order valence-corrected chi connectivity index (χ2v) is 5.15. The molecule has 2 heterocycles. The number of aromatic nitrogens is 2. The van der Waals surface area contributed by atoms with Crippen LogP contribution in [0.2, 0.25) is 0 Å². The van der Waals surface area contributed by atoms with Crippen molar-refractivity contribution in [1.29, 1.82) is 0 Å². The van der Waals surface area contributed by atoms with Gasteiger partial charge in [0.15, 0.2) is 0 Å². The first-order valence-electron chi connectivity index (χ1n) is 6.73. The van der Waals surface area contributed by atoms with Crippen molar-refractivity contribution in [1.82, 2.24) is 14.5 Å². The van der Waals surface area contributed by atoms with E-state index in [1.54, 1.807) is 0 Å². The normalized spacial score (nSPS) is 20.0. The van der Waals surface area contributed by atoms with E-state index < -0.39 is 0 Å². The van der Waals surface area contributed by atoms with Crippen molar-refractivity contribution in [3.8, 4) is 5.69 Å². The molecule has 2 aromatic rings. The largest absolute Gasteiger partial charge is 0.392 e. The van der Waals surface area contributed by atoms with Crippen LogP contribution in [0, 0.1) is 6.92 Å². The average Bonchev–Trinajstić information content (AvgIpc) is 2.98. The molecule has 0 saturated carbocycles. The number of nitrogens with zero attached hydrogens (tertiary/aromatic N) is 3. The van der Waals surface area contributed by atoms with E-state index in [9.17, 15) is 5.11 Å². The van der Waals surface area contributed by atoms with E-state index in [2.05, 4.69) is 26.6 Å². The van der Waals surface area contributed by atoms with Gasteiger partial charge in [-0.2, -0.15) is 0 Å². The summed E-state index contributed by atoms with van der Waals surface area (Å²) in [6, 6.07) is 10.3. The molecule has 0 bridgehead atoms. The number of para-hydroxylation sites is 1. The number of aliphatic hydroxyl groups is 1. The van der Waals surface area contributed by atoms with Gasteiger partial charge in [0, 0.05) is 25.3 Å². The Labute approximate surface area is 113 Å². The first kappa shape index (κ1) is 12.4. The summed E-state index contributed by atoms with van der Waals surface area (Å²) < 4.78 is 2.19. The second kappa shape index (κ2) is 5.15. The fraction of sp³-hybridized carbons (Fsp3) is 0.400. The van der Waals surface area contributed by atoms with Crippen LogP contribution in [-0.2, 0) is 6.54 Å². The number of hydrogen-bond acceptors (Lipinski definition) is 3. The summed E-state index contributed by atoms with van der Waals surface area (Å²) in [5, 5.41) is 9.61. The standard InChI is InChI=1S/C15H19N3O/c1-12-16-9-14(10-17-8-7-15(19)11-17)18(12)13-5-3-2-4-6-13/h2-6,9,15,19H,7-8,10-11H2,1H3/t15-/m1/s1. The third-order valence-electron chi connectivity index (χ3n) is 3.66. The molecule has 0 aliphatic carbocycles. The lowest BCUT2D eigenvalue weighted by molar-refractivity contribution is 0.174. The van der Waals surface area contributed by atoms with Crippen LogP contribution in [0.25, 0.3) is 5.69 Å². The molecular formula is C15H19N3O. The van der Waals surface area contributed by atoms with Gasteiger partial charge in [-0.1, -0.05) is 18.2 Å². The van der Waals surface area contributed by atoms with Crippen LogP contribution in [0.4, 0.5) is 0 Å². The molecular weight excluding hydrogens is 238 g/mol. The maximum Gasteiger partial charge on any atom is 0.110 e. The number of hydrogen-bond donors (Lipinski definition) is 1. The van der Waals surface area contributed by atoms with Crippen LogP contribution in [0.3, 0.4) is 0 Å². The lowest BCUT2D eigenvalue weighted by atomic mass is 10.3. The van der Waals surface area contributed by atoms with E-state index >= 15 is 0 Å². The van der Waals surface area contributed by atoms with E-state index in [4.69, 9.17) is 0 Å². The molecule has 1 atom stereocenters. The number of imidazole rings is 1. The second-order valence-electron chi connectivity index (χ2n) is 5.15. The Hall–Kier alpha value is -1.65. The lowest BCUT2D eigenvalue weighted by Crippen LogP contribution is -2.23. The SMILES string of the molecule is Cc1ncc(CN2CC[C@@H](O)C2)n1-c1ccccc1. The number of aryl methyl sites for hydroxylation is 1. The minimum absolute atomic E-state index is 0.172. The predicted octanol–water partition coefficient (Wildman–Crippen LogP) is 1.75. The van der Waals surface area contributed by atoms with Gasteiger partial charge < -0.3 is 5.11 Å². The van der Waals surface area contributed by atoms with Crippen LogP contribution in [0.5, 0.6) is 0 Å². The molecule has 1 N–H and O–H groups in total. The molecule has 1 aromatic heterocycles. The van der Waals surface area contributed by atoms with Gasteiger partial charge in [0.1, 0.15) is 5.82 Å². The summed E-state index contributed by atoms with van der Waals surface area (Å²) in [7, 11) is 0. The quantitative estimate of drug-likeness (QED) is 0.910. The van der Waals surface area contributed by atoms with Gasteiger partial charge >= 0.3 is 0 Å². The van der Waals surface area contributed by atoms with Crippen molar-refractivity contribution in [2.75, 3.05) is 13.1 Å². The zero-order valence-electron chi connectivity index (χ0n) is 11.2. The van der Waals surface area contributed by atoms with Crippen LogP contribution in [-0.4, -0.2) is 38.8 Å². The van der Waals surface area contributed by atoms with E-state index in [1.165, 1.54) is 5.69 Å². The molecule has 3 rings (SSSR count). The molecule has 0 radical (unpaired) electrons. The Bertz CT molecular complexity index is 550. The van der Waals surface area contributed by atoms with Gasteiger partial charge in [0.2, 0.25) is 0 Å². The number of rotatable bonds is 3. The van der Waals surface area contributed by atoms with Crippen molar-refractivity contribution in [2.45, 2.75) is 26.0 Å². The van der Waals surface area contributed by atoms with Crippen LogP contribution < -0.4 is 0 Å². The summed E-state index contributed by atoms with van der Waals surface area (Å²) >= 11 is 0. The lowest BCUT2D eigenvalue weighted by Gasteiger charge is -2.17. The molecule has 4 heteroatoms. The summed E-state index contributed by atoms with van der Waals surface area (Å²) in [5.41, 5.74) is 2.32. The monoisotopic (exact) mass is 257 g/mol. The maximum atomic E-state index is 9.61. The van der Waals surface area contributed by atoms with Crippen LogP contribution in [0.1, 0.15) is 17.9 Å². The molecule has 4 nitrogen and oxygen atoms in total. The average molecular weight is 257 g/mol. The minimum Gasteiger partial charge on any atom is -0.392 e. The summed E-state index contributed by atoms with van der Waals surface area (Å²) in [6.07, 6.45) is 2.64. The number of likely N-dealkylation sites (tertiary alicyclic amines) is 1. The first-order chi connectivity index (χ1) is 9.24. The molecule has 1 saturated heterocycles. The molecule has 100 valence electrons. The van der Waals surface area contributed by atoms with E-state index in [1.807, 2.05) is 31.3 Å². The van der Waals surface area contributed by atoms with Crippen LogP contribution >= 0.6 is 0 Å². The molecule has 1 fully saturated rings. The van der Waals surface area contributed by atoms with Gasteiger partial charge in [-0.3, -0.25) is 9.47 Å². The van der Waals surface area contributed by atoms with Crippen molar-refractivity contribution in [2.24, 2.45) is 0 Å². The molecule has 0 spiro atoms. The predicted molar refractivity (Wildman–Crippen MR) is 74.2 cm³/mol. The Morgan fingerprint density at radius 2 is 2.11 bits per heavy atom. The smallest absolute Gasteiger partial charge is 0.110 e. The maximum absolute atomic E-state index is 9.61. The Kier molecular flexibility index (Phi) is 3.36. The fourth-order valence-corrected chi connectivity index (χ4v) is 2.72. The van der Waals surface area contributed by atoms with E-state index in [0.717, 1.165) is 37.6 Å². The van der Waals surface area contributed by atoms with Crippen molar-refractivity contribution >= 4 is 0 Å². The van der Waals surface area contributed by atoms with Crippen molar-refractivity contribution in [3.05, 3.63) is 48.0 Å². The van der Waals surface area contributed by atoms with Gasteiger partial charge in [0.05, 0.1) is 18.0 Å².